The topological polar surface area (TPSA) is 112 Å². The summed E-state index contributed by atoms with van der Waals surface area (Å²) in [6, 6.07) is 9.79. The highest BCUT2D eigenvalue weighted by Gasteiger charge is 2.14. The lowest BCUT2D eigenvalue weighted by atomic mass is 9.91. The minimum Gasteiger partial charge on any atom is -0.504 e. The number of hydrogen-bond donors (Lipinski definition) is 2. The molecule has 0 aliphatic rings. The zero-order valence-corrected chi connectivity index (χ0v) is 27.0. The number of anilines is 1. The van der Waals surface area contributed by atoms with Gasteiger partial charge in [0, 0.05) is 26.1 Å². The lowest BCUT2D eigenvalue weighted by Gasteiger charge is -2.16. The van der Waals surface area contributed by atoms with Crippen molar-refractivity contribution in [2.45, 2.75) is 85.0 Å². The number of methoxy groups -OCH3 is 2. The summed E-state index contributed by atoms with van der Waals surface area (Å²) in [5, 5.41) is 10.6. The van der Waals surface area contributed by atoms with E-state index >= 15 is 0 Å². The Hall–Kier alpha value is -3.97. The Bertz CT molecular complexity index is 1460. The number of aryl methyl sites for hydroxylation is 2. The lowest BCUT2D eigenvalue weighted by molar-refractivity contribution is -0.124. The number of nitrogens with two attached hydrogens (primary N) is 1. The number of carbonyl (C=O) groups excluding carboxylic acids is 2. The van der Waals surface area contributed by atoms with Crippen molar-refractivity contribution >= 4 is 23.5 Å². The molecule has 0 fully saturated rings. The van der Waals surface area contributed by atoms with Crippen molar-refractivity contribution in [1.82, 2.24) is 4.98 Å². The molecule has 0 atom stereocenters. The molecule has 236 valence electrons. The maximum atomic E-state index is 12.6. The number of nitrogens with zero attached hydrogens (tertiary/aromatic N) is 1. The molecule has 1 heterocycles. The second-order valence-electron chi connectivity index (χ2n) is 11.6. The summed E-state index contributed by atoms with van der Waals surface area (Å²) < 4.78 is 10.7. The van der Waals surface area contributed by atoms with E-state index < -0.39 is 0 Å². The molecule has 0 amide bonds. The van der Waals surface area contributed by atoms with E-state index in [2.05, 4.69) is 44.0 Å². The van der Waals surface area contributed by atoms with Gasteiger partial charge >= 0.3 is 0 Å². The van der Waals surface area contributed by atoms with Crippen LogP contribution in [0.15, 0.2) is 42.6 Å². The minimum absolute atomic E-state index is 0.00544. The molecule has 0 aliphatic heterocycles. The Labute approximate surface area is 262 Å². The minimum atomic E-state index is -0.240. The summed E-state index contributed by atoms with van der Waals surface area (Å²) >= 11 is 0. The number of benzene rings is 2. The van der Waals surface area contributed by atoms with Gasteiger partial charge in [-0.05, 0) is 96.3 Å². The number of hydrogen-bond acceptors (Lipinski definition) is 7. The molecule has 7 nitrogen and oxygen atoms in total. The first-order chi connectivity index (χ1) is 21.1. The molecular formula is C37H48N2O5. The smallest absolute Gasteiger partial charge is 0.163 e. The van der Waals surface area contributed by atoms with Crippen molar-refractivity contribution in [2.24, 2.45) is 0 Å². The highest BCUT2D eigenvalue weighted by atomic mass is 16.5. The van der Waals surface area contributed by atoms with Gasteiger partial charge in [-0.15, -0.1) is 0 Å². The number of phenols is 1. The van der Waals surface area contributed by atoms with Gasteiger partial charge in [-0.2, -0.15) is 0 Å². The van der Waals surface area contributed by atoms with Gasteiger partial charge in [0.15, 0.2) is 17.3 Å². The van der Waals surface area contributed by atoms with Crippen LogP contribution in [0, 0.1) is 13.8 Å². The summed E-state index contributed by atoms with van der Waals surface area (Å²) in [5.41, 5.74) is 14.6. The average Bonchev–Trinajstić information content (AvgIpc) is 2.98. The summed E-state index contributed by atoms with van der Waals surface area (Å²) in [7, 11) is 3.19. The molecular weight excluding hydrogens is 552 g/mol. The molecule has 0 aliphatic carbocycles. The maximum absolute atomic E-state index is 12.6. The first-order valence-corrected chi connectivity index (χ1v) is 15.6. The molecule has 44 heavy (non-hydrogen) atoms. The molecule has 1 aromatic heterocycles. The summed E-state index contributed by atoms with van der Waals surface area (Å²) in [6.45, 7) is 7.01. The molecule has 3 rings (SSSR count). The third-order valence-electron chi connectivity index (χ3n) is 7.92. The highest BCUT2D eigenvalue weighted by molar-refractivity contribution is 6.06. The van der Waals surface area contributed by atoms with Crippen LogP contribution in [0.25, 0.3) is 6.08 Å². The first-order valence-electron chi connectivity index (χ1n) is 15.6. The number of aromatic hydroxyl groups is 1. The largest absolute Gasteiger partial charge is 0.504 e. The zero-order chi connectivity index (χ0) is 32.1. The Balaban J connectivity index is 1.81. The SMILES string of the molecule is CCCCCCCC(=O)CC(=O)C=Cc1cc(OC)c(O)cc1Cc1cnc(N)c(Cc2cc(C)cc(C)c2CCOC)c1. The molecule has 0 unspecified atom stereocenters. The maximum Gasteiger partial charge on any atom is 0.163 e. The molecule has 0 spiro atoms. The highest BCUT2D eigenvalue weighted by Crippen LogP contribution is 2.32. The van der Waals surface area contributed by atoms with E-state index in [4.69, 9.17) is 15.2 Å². The number of ketones is 2. The summed E-state index contributed by atoms with van der Waals surface area (Å²) in [6.07, 6.45) is 12.4. The summed E-state index contributed by atoms with van der Waals surface area (Å²) in [4.78, 5) is 29.4. The van der Waals surface area contributed by atoms with Crippen LogP contribution < -0.4 is 10.5 Å². The average molecular weight is 601 g/mol. The monoisotopic (exact) mass is 600 g/mol. The van der Waals surface area contributed by atoms with Gasteiger partial charge in [0.05, 0.1) is 20.1 Å². The number of allylic oxidation sites excluding steroid dienone is 1. The number of nitrogen functional groups attached to an aromatic ring is 1. The van der Waals surface area contributed by atoms with Crippen molar-refractivity contribution in [1.29, 1.82) is 0 Å². The van der Waals surface area contributed by atoms with Gasteiger partial charge in [0.2, 0.25) is 0 Å². The fraction of sp³-hybridized carbons (Fsp3) is 0.432. The predicted octanol–water partition coefficient (Wildman–Crippen LogP) is 7.27. The van der Waals surface area contributed by atoms with Crippen molar-refractivity contribution in [3.8, 4) is 11.5 Å². The molecule has 3 aromatic rings. The van der Waals surface area contributed by atoms with Gasteiger partial charge in [0.1, 0.15) is 11.6 Å². The van der Waals surface area contributed by atoms with Gasteiger partial charge in [0.25, 0.3) is 0 Å². The molecule has 2 aromatic carbocycles. The van der Waals surface area contributed by atoms with Crippen molar-refractivity contribution < 1.29 is 24.2 Å². The van der Waals surface area contributed by atoms with Crippen LogP contribution in [0.1, 0.15) is 96.4 Å². The molecule has 0 radical (unpaired) electrons. The van der Waals surface area contributed by atoms with Gasteiger partial charge in [-0.1, -0.05) is 56.4 Å². The van der Waals surface area contributed by atoms with Crippen molar-refractivity contribution in [3.05, 3.63) is 87.1 Å². The fourth-order valence-electron chi connectivity index (χ4n) is 5.59. The number of carbonyl (C=O) groups is 2. The van der Waals surface area contributed by atoms with E-state index in [1.54, 1.807) is 31.5 Å². The number of phenolic OH excluding ortho intramolecular Hbond substituents is 1. The van der Waals surface area contributed by atoms with Crippen molar-refractivity contribution in [3.63, 3.8) is 0 Å². The van der Waals surface area contributed by atoms with E-state index in [0.29, 0.717) is 37.4 Å². The number of ether oxygens (including phenoxy) is 2. The number of Topliss-reactive ketones (excluding diaryl/α,β-unsaturated/α-hetero) is 1. The number of aromatic nitrogens is 1. The van der Waals surface area contributed by atoms with Crippen LogP contribution >= 0.6 is 0 Å². The molecule has 7 heteroatoms. The third-order valence-corrected chi connectivity index (χ3v) is 7.92. The molecule has 0 saturated heterocycles. The number of unbranched alkanes of at least 4 members (excludes halogenated alkanes) is 4. The van der Waals surface area contributed by atoms with E-state index in [1.807, 2.05) is 0 Å². The van der Waals surface area contributed by atoms with Crippen LogP contribution in [0.4, 0.5) is 5.82 Å². The van der Waals surface area contributed by atoms with Crippen LogP contribution in [-0.2, 0) is 33.6 Å². The molecule has 0 bridgehead atoms. The predicted molar refractivity (Wildman–Crippen MR) is 177 cm³/mol. The quantitative estimate of drug-likeness (QED) is 0.0897. The third kappa shape index (κ3) is 10.3. The molecule has 0 saturated carbocycles. The normalized spacial score (nSPS) is 11.3. The molecule has 3 N–H and O–H groups in total. The van der Waals surface area contributed by atoms with Gasteiger partial charge < -0.3 is 20.3 Å². The number of pyridine rings is 1. The Kier molecular flexibility index (Phi) is 13.6. The van der Waals surface area contributed by atoms with Crippen LogP contribution in [0.2, 0.25) is 0 Å². The summed E-state index contributed by atoms with van der Waals surface area (Å²) in [5.74, 6) is 0.512. The fourth-order valence-corrected chi connectivity index (χ4v) is 5.59. The van der Waals surface area contributed by atoms with Gasteiger partial charge in [-0.25, -0.2) is 4.98 Å². The van der Waals surface area contributed by atoms with E-state index in [0.717, 1.165) is 54.4 Å². The Morgan fingerprint density at radius 2 is 1.73 bits per heavy atom. The Morgan fingerprint density at radius 3 is 2.45 bits per heavy atom. The van der Waals surface area contributed by atoms with Crippen LogP contribution in [-0.4, -0.2) is 42.5 Å². The van der Waals surface area contributed by atoms with Crippen molar-refractivity contribution in [2.75, 3.05) is 26.6 Å². The first kappa shape index (κ1) is 34.5. The number of rotatable bonds is 18. The Morgan fingerprint density at radius 1 is 0.955 bits per heavy atom. The van der Waals surface area contributed by atoms with E-state index in [9.17, 15) is 14.7 Å². The van der Waals surface area contributed by atoms with E-state index in [1.165, 1.54) is 41.9 Å². The van der Waals surface area contributed by atoms with Crippen LogP contribution in [0.5, 0.6) is 11.5 Å². The standard InChI is InChI=1S/C37H48N2O5/c1-6-7-8-9-10-11-32(40)23-33(41)13-12-28-22-36(44-5)35(42)21-29(28)18-27-19-31(37(38)39-24-27)20-30-17-25(2)16-26(3)34(30)14-15-43-4/h12-13,16-17,19,21-22,24,42H,6-11,14-15,18,20,23H2,1-5H3,(H2,38,39). The van der Waals surface area contributed by atoms with Gasteiger partial charge in [-0.3, -0.25) is 9.59 Å². The lowest BCUT2D eigenvalue weighted by Crippen LogP contribution is -2.07. The second-order valence-corrected chi connectivity index (χ2v) is 11.6. The van der Waals surface area contributed by atoms with E-state index in [-0.39, 0.29) is 23.7 Å². The zero-order valence-electron chi connectivity index (χ0n) is 27.0. The van der Waals surface area contributed by atoms with Crippen LogP contribution in [0.3, 0.4) is 0 Å². The second kappa shape index (κ2) is 17.4.